The standard InChI is InChI=1S/C25H27N3O2/c1-19-7-9-22(10-8-19)23-16-24(29)28(18-26-23)17-25(30)27-13-11-21(12-14-27)15-20-5-3-2-4-6-20/h2-10,16,18,21H,11-15,17H2,1H3. The molecule has 4 rings (SSSR count). The van der Waals surface area contributed by atoms with Gasteiger partial charge in [0.15, 0.2) is 0 Å². The highest BCUT2D eigenvalue weighted by molar-refractivity contribution is 5.76. The summed E-state index contributed by atoms with van der Waals surface area (Å²) in [6.07, 6.45) is 4.55. The molecule has 5 heteroatoms. The fourth-order valence-corrected chi connectivity index (χ4v) is 4.01. The number of piperidine rings is 1. The van der Waals surface area contributed by atoms with E-state index in [1.165, 1.54) is 22.5 Å². The fraction of sp³-hybridized carbons (Fsp3) is 0.320. The van der Waals surface area contributed by atoms with Gasteiger partial charge in [-0.2, -0.15) is 0 Å². The van der Waals surface area contributed by atoms with Gasteiger partial charge < -0.3 is 4.90 Å². The molecule has 0 atom stereocenters. The predicted octanol–water partition coefficient (Wildman–Crippen LogP) is 3.70. The summed E-state index contributed by atoms with van der Waals surface area (Å²) in [5.74, 6) is 0.592. The van der Waals surface area contributed by atoms with Crippen LogP contribution in [0, 0.1) is 12.8 Å². The molecule has 3 aromatic rings. The lowest BCUT2D eigenvalue weighted by Gasteiger charge is -2.32. The molecular weight excluding hydrogens is 374 g/mol. The molecule has 5 nitrogen and oxygen atoms in total. The molecule has 0 spiro atoms. The van der Waals surface area contributed by atoms with Gasteiger partial charge in [0.1, 0.15) is 6.54 Å². The molecule has 154 valence electrons. The molecule has 0 bridgehead atoms. The van der Waals surface area contributed by atoms with Crippen LogP contribution in [0.2, 0.25) is 0 Å². The number of rotatable bonds is 5. The van der Waals surface area contributed by atoms with Crippen LogP contribution >= 0.6 is 0 Å². The second kappa shape index (κ2) is 9.08. The van der Waals surface area contributed by atoms with Gasteiger partial charge in [0.2, 0.25) is 5.91 Å². The van der Waals surface area contributed by atoms with E-state index in [9.17, 15) is 9.59 Å². The Balaban J connectivity index is 1.34. The van der Waals surface area contributed by atoms with Crippen LogP contribution in [0.5, 0.6) is 0 Å². The monoisotopic (exact) mass is 401 g/mol. The van der Waals surface area contributed by atoms with E-state index in [1.54, 1.807) is 0 Å². The number of amides is 1. The fourth-order valence-electron chi connectivity index (χ4n) is 4.01. The lowest BCUT2D eigenvalue weighted by atomic mass is 9.90. The first-order valence-corrected chi connectivity index (χ1v) is 10.5. The number of benzene rings is 2. The summed E-state index contributed by atoms with van der Waals surface area (Å²) in [6.45, 7) is 3.56. The Morgan fingerprint density at radius 2 is 1.73 bits per heavy atom. The zero-order valence-corrected chi connectivity index (χ0v) is 17.3. The highest BCUT2D eigenvalue weighted by atomic mass is 16.2. The Labute approximate surface area is 177 Å². The second-order valence-electron chi connectivity index (χ2n) is 8.12. The lowest BCUT2D eigenvalue weighted by molar-refractivity contribution is -0.133. The average molecular weight is 402 g/mol. The molecule has 1 aromatic heterocycles. The molecule has 1 fully saturated rings. The largest absolute Gasteiger partial charge is 0.341 e. The number of hydrogen-bond donors (Lipinski definition) is 0. The summed E-state index contributed by atoms with van der Waals surface area (Å²) < 4.78 is 1.40. The van der Waals surface area contributed by atoms with Crippen LogP contribution in [-0.4, -0.2) is 33.4 Å². The smallest absolute Gasteiger partial charge is 0.254 e. The van der Waals surface area contributed by atoms with E-state index < -0.39 is 0 Å². The maximum atomic E-state index is 12.7. The summed E-state index contributed by atoms with van der Waals surface area (Å²) in [5.41, 5.74) is 3.84. The molecule has 0 radical (unpaired) electrons. The highest BCUT2D eigenvalue weighted by Gasteiger charge is 2.23. The third kappa shape index (κ3) is 4.85. The van der Waals surface area contributed by atoms with Gasteiger partial charge in [0.25, 0.3) is 5.56 Å². The minimum atomic E-state index is -0.201. The molecule has 30 heavy (non-hydrogen) atoms. The molecule has 0 aliphatic carbocycles. The zero-order chi connectivity index (χ0) is 20.9. The van der Waals surface area contributed by atoms with Gasteiger partial charge in [-0.05, 0) is 37.7 Å². The normalized spacial score (nSPS) is 14.6. The van der Waals surface area contributed by atoms with Gasteiger partial charge in [-0.1, -0.05) is 60.2 Å². The first-order chi connectivity index (χ1) is 14.6. The van der Waals surface area contributed by atoms with Crippen molar-refractivity contribution in [2.45, 2.75) is 32.7 Å². The Bertz CT molecular complexity index is 1050. The molecule has 1 aliphatic rings. The number of likely N-dealkylation sites (tertiary alicyclic amines) is 1. The molecule has 0 N–H and O–H groups in total. The van der Waals surface area contributed by atoms with Crippen molar-refractivity contribution in [3.8, 4) is 11.3 Å². The quantitative estimate of drug-likeness (QED) is 0.655. The number of aryl methyl sites for hydroxylation is 1. The Morgan fingerprint density at radius 1 is 1.03 bits per heavy atom. The third-order valence-electron chi connectivity index (χ3n) is 5.87. The molecule has 1 amide bonds. The van der Waals surface area contributed by atoms with Crippen LogP contribution in [0.1, 0.15) is 24.0 Å². The summed E-state index contributed by atoms with van der Waals surface area (Å²) >= 11 is 0. The van der Waals surface area contributed by atoms with Crippen molar-refractivity contribution >= 4 is 5.91 Å². The van der Waals surface area contributed by atoms with E-state index in [1.807, 2.05) is 42.2 Å². The van der Waals surface area contributed by atoms with Crippen LogP contribution in [0.15, 0.2) is 71.8 Å². The van der Waals surface area contributed by atoms with E-state index in [0.717, 1.165) is 43.5 Å². The molecule has 2 aromatic carbocycles. The lowest BCUT2D eigenvalue weighted by Crippen LogP contribution is -2.41. The van der Waals surface area contributed by atoms with Gasteiger partial charge in [0, 0.05) is 24.7 Å². The number of aromatic nitrogens is 2. The number of carbonyl (C=O) groups excluding carboxylic acids is 1. The SMILES string of the molecule is Cc1ccc(-c2cc(=O)n(CC(=O)N3CCC(Cc4ccccc4)CC3)cn2)cc1. The molecule has 1 saturated heterocycles. The van der Waals surface area contributed by atoms with Gasteiger partial charge in [-0.15, -0.1) is 0 Å². The van der Waals surface area contributed by atoms with Crippen LogP contribution in [0.4, 0.5) is 0 Å². The van der Waals surface area contributed by atoms with Crippen molar-refractivity contribution in [1.29, 1.82) is 0 Å². The van der Waals surface area contributed by atoms with Crippen molar-refractivity contribution < 1.29 is 4.79 Å². The van der Waals surface area contributed by atoms with Crippen LogP contribution < -0.4 is 5.56 Å². The average Bonchev–Trinajstić information content (AvgIpc) is 2.77. The van der Waals surface area contributed by atoms with Gasteiger partial charge >= 0.3 is 0 Å². The highest BCUT2D eigenvalue weighted by Crippen LogP contribution is 2.22. The predicted molar refractivity (Wildman–Crippen MR) is 118 cm³/mol. The van der Waals surface area contributed by atoms with Crippen molar-refractivity contribution in [3.05, 3.63) is 88.5 Å². The van der Waals surface area contributed by atoms with Crippen LogP contribution in [0.25, 0.3) is 11.3 Å². The number of nitrogens with zero attached hydrogens (tertiary/aromatic N) is 3. The van der Waals surface area contributed by atoms with E-state index in [-0.39, 0.29) is 18.0 Å². The first kappa shape index (κ1) is 20.1. The molecular formula is C25H27N3O2. The Morgan fingerprint density at radius 3 is 2.40 bits per heavy atom. The van der Waals surface area contributed by atoms with Crippen LogP contribution in [-0.2, 0) is 17.8 Å². The molecule has 2 heterocycles. The van der Waals surface area contributed by atoms with E-state index >= 15 is 0 Å². The maximum Gasteiger partial charge on any atom is 0.254 e. The Kier molecular flexibility index (Phi) is 6.07. The van der Waals surface area contributed by atoms with Crippen molar-refractivity contribution in [1.82, 2.24) is 14.5 Å². The van der Waals surface area contributed by atoms with Gasteiger partial charge in [-0.25, -0.2) is 4.98 Å². The summed E-state index contributed by atoms with van der Waals surface area (Å²) in [7, 11) is 0. The minimum Gasteiger partial charge on any atom is -0.341 e. The summed E-state index contributed by atoms with van der Waals surface area (Å²) in [4.78, 5) is 31.5. The zero-order valence-electron chi connectivity index (χ0n) is 17.3. The van der Waals surface area contributed by atoms with E-state index in [2.05, 4.69) is 29.2 Å². The number of carbonyl (C=O) groups is 1. The van der Waals surface area contributed by atoms with Crippen LogP contribution in [0.3, 0.4) is 0 Å². The van der Waals surface area contributed by atoms with Gasteiger partial charge in [0.05, 0.1) is 12.0 Å². The second-order valence-corrected chi connectivity index (χ2v) is 8.12. The van der Waals surface area contributed by atoms with E-state index in [0.29, 0.717) is 11.6 Å². The molecule has 1 aliphatic heterocycles. The third-order valence-corrected chi connectivity index (χ3v) is 5.87. The summed E-state index contributed by atoms with van der Waals surface area (Å²) in [5, 5.41) is 0. The number of hydrogen-bond acceptors (Lipinski definition) is 3. The minimum absolute atomic E-state index is 0.0138. The summed E-state index contributed by atoms with van der Waals surface area (Å²) in [6, 6.07) is 19.9. The van der Waals surface area contributed by atoms with Crippen molar-refractivity contribution in [2.24, 2.45) is 5.92 Å². The molecule has 0 saturated carbocycles. The Hall–Kier alpha value is -3.21. The van der Waals surface area contributed by atoms with E-state index in [4.69, 9.17) is 0 Å². The van der Waals surface area contributed by atoms with Crippen molar-refractivity contribution in [3.63, 3.8) is 0 Å². The van der Waals surface area contributed by atoms with Gasteiger partial charge in [-0.3, -0.25) is 14.2 Å². The first-order valence-electron chi connectivity index (χ1n) is 10.5. The maximum absolute atomic E-state index is 12.7. The topological polar surface area (TPSA) is 55.2 Å². The van der Waals surface area contributed by atoms with Crippen molar-refractivity contribution in [2.75, 3.05) is 13.1 Å². The molecule has 0 unspecified atom stereocenters.